The van der Waals surface area contributed by atoms with Crippen molar-refractivity contribution in [1.29, 1.82) is 0 Å². The Labute approximate surface area is 220 Å². The van der Waals surface area contributed by atoms with Crippen LogP contribution in [0, 0.1) is 27.7 Å². The van der Waals surface area contributed by atoms with E-state index in [1.807, 2.05) is 6.07 Å². The van der Waals surface area contributed by atoms with E-state index in [1.54, 1.807) is 12.1 Å². The number of halogens is 3. The fraction of sp³-hybridized carbons (Fsp3) is 0.143. The van der Waals surface area contributed by atoms with Crippen molar-refractivity contribution >= 4 is 32.3 Å². The summed E-state index contributed by atoms with van der Waals surface area (Å²) in [6.45, 7) is 8.40. The fourth-order valence-electron chi connectivity index (χ4n) is 5.54. The first-order valence-electron chi connectivity index (χ1n) is 12.8. The van der Waals surface area contributed by atoms with Crippen molar-refractivity contribution in [3.05, 3.63) is 119 Å². The molecule has 0 saturated heterocycles. The highest BCUT2D eigenvalue weighted by molar-refractivity contribution is 6.22. The van der Waals surface area contributed by atoms with E-state index >= 15 is 0 Å². The zero-order chi connectivity index (χ0) is 26.8. The second-order valence-electron chi connectivity index (χ2n) is 10.4. The predicted molar refractivity (Wildman–Crippen MR) is 154 cm³/mol. The average Bonchev–Trinajstić information content (AvgIpc) is 2.89. The van der Waals surface area contributed by atoms with E-state index in [1.165, 1.54) is 34.0 Å². The van der Waals surface area contributed by atoms with Gasteiger partial charge in [0.05, 0.1) is 5.56 Å². The van der Waals surface area contributed by atoms with Crippen LogP contribution in [0.2, 0.25) is 0 Å². The smallest absolute Gasteiger partial charge is 0.166 e. The largest absolute Gasteiger partial charge is 0.416 e. The molecule has 0 heterocycles. The summed E-state index contributed by atoms with van der Waals surface area (Å²) in [4.78, 5) is 0. The highest BCUT2D eigenvalue weighted by atomic mass is 19.4. The molecule has 0 nitrogen and oxygen atoms in total. The van der Waals surface area contributed by atoms with Crippen LogP contribution in [0.15, 0.2) is 91.0 Å². The maximum absolute atomic E-state index is 13.4. The molecule has 0 aromatic heterocycles. The lowest BCUT2D eigenvalue weighted by molar-refractivity contribution is -0.137. The highest BCUT2D eigenvalue weighted by Gasteiger charge is 2.30. The lowest BCUT2D eigenvalue weighted by Gasteiger charge is -2.21. The number of fused-ring (bicyclic) bond motifs is 3. The Morgan fingerprint density at radius 3 is 1.34 bits per heavy atom. The van der Waals surface area contributed by atoms with Crippen LogP contribution in [0.1, 0.15) is 27.8 Å². The molecule has 0 aliphatic rings. The summed E-state index contributed by atoms with van der Waals surface area (Å²) in [5.41, 5.74) is 8.07. The third kappa shape index (κ3) is 3.94. The molecule has 6 rings (SSSR count). The normalized spacial score (nSPS) is 12.1. The summed E-state index contributed by atoms with van der Waals surface area (Å²) >= 11 is 0. The van der Waals surface area contributed by atoms with Crippen LogP contribution in [0.25, 0.3) is 54.6 Å². The lowest BCUT2D eigenvalue weighted by atomic mass is 9.83. The van der Waals surface area contributed by atoms with Gasteiger partial charge < -0.3 is 0 Å². The third-order valence-corrected chi connectivity index (χ3v) is 7.88. The SMILES string of the molecule is Cc1cc2c(-c3ccc(C(F)(F)F)cc3)c3cc(C)c(C)cc3c(-c3ccc4ccccc4c3)c2cc1C. The van der Waals surface area contributed by atoms with E-state index < -0.39 is 11.7 Å². The zero-order valence-corrected chi connectivity index (χ0v) is 21.8. The Morgan fingerprint density at radius 2 is 0.868 bits per heavy atom. The number of benzene rings is 6. The summed E-state index contributed by atoms with van der Waals surface area (Å²) in [6, 6.07) is 29.4. The van der Waals surface area contributed by atoms with Crippen molar-refractivity contribution in [3.63, 3.8) is 0 Å². The van der Waals surface area contributed by atoms with Crippen molar-refractivity contribution in [3.8, 4) is 22.3 Å². The average molecular weight is 505 g/mol. The fourth-order valence-corrected chi connectivity index (χ4v) is 5.54. The Morgan fingerprint density at radius 1 is 0.447 bits per heavy atom. The second-order valence-corrected chi connectivity index (χ2v) is 10.4. The van der Waals surface area contributed by atoms with Gasteiger partial charge in [-0.25, -0.2) is 0 Å². The first-order valence-corrected chi connectivity index (χ1v) is 12.8. The van der Waals surface area contributed by atoms with E-state index in [0.717, 1.165) is 54.9 Å². The van der Waals surface area contributed by atoms with E-state index in [0.29, 0.717) is 0 Å². The quantitative estimate of drug-likeness (QED) is 0.206. The predicted octanol–water partition coefficient (Wildman–Crippen LogP) is 10.7. The molecule has 6 aromatic rings. The standard InChI is InChI=1S/C35H27F3/c1-20-15-29-31(17-22(20)3)34(27-10-9-24-7-5-6-8-26(24)19-27)32-18-23(4)21(2)16-30(32)33(29)25-11-13-28(14-12-25)35(36,37)38/h5-19H,1-4H3. The van der Waals surface area contributed by atoms with Crippen LogP contribution in [0.4, 0.5) is 13.2 Å². The summed E-state index contributed by atoms with van der Waals surface area (Å²) in [5, 5.41) is 6.66. The van der Waals surface area contributed by atoms with Crippen molar-refractivity contribution < 1.29 is 13.2 Å². The Balaban J connectivity index is 1.78. The molecule has 0 atom stereocenters. The molecule has 0 aliphatic carbocycles. The number of aryl methyl sites for hydroxylation is 4. The minimum Gasteiger partial charge on any atom is -0.166 e. The molecule has 0 N–H and O–H groups in total. The van der Waals surface area contributed by atoms with Crippen molar-refractivity contribution in [1.82, 2.24) is 0 Å². The highest BCUT2D eigenvalue weighted by Crippen LogP contribution is 2.46. The maximum atomic E-state index is 13.4. The Hall–Kier alpha value is -4.11. The molecule has 0 spiro atoms. The van der Waals surface area contributed by atoms with Crippen LogP contribution in [0.5, 0.6) is 0 Å². The molecule has 188 valence electrons. The van der Waals surface area contributed by atoms with Crippen LogP contribution in [-0.4, -0.2) is 0 Å². The van der Waals surface area contributed by atoms with Crippen molar-refractivity contribution in [2.24, 2.45) is 0 Å². The van der Waals surface area contributed by atoms with Crippen molar-refractivity contribution in [2.75, 3.05) is 0 Å². The summed E-state index contributed by atoms with van der Waals surface area (Å²) in [5.74, 6) is 0. The molecule has 0 aliphatic heterocycles. The molecule has 3 heteroatoms. The van der Waals surface area contributed by atoms with Crippen LogP contribution < -0.4 is 0 Å². The van der Waals surface area contributed by atoms with Crippen LogP contribution >= 0.6 is 0 Å². The van der Waals surface area contributed by atoms with Gasteiger partial charge >= 0.3 is 6.18 Å². The van der Waals surface area contributed by atoms with Gasteiger partial charge in [-0.3, -0.25) is 0 Å². The van der Waals surface area contributed by atoms with E-state index in [4.69, 9.17) is 0 Å². The first kappa shape index (κ1) is 24.2. The van der Waals surface area contributed by atoms with Crippen LogP contribution in [-0.2, 0) is 6.18 Å². The van der Waals surface area contributed by atoms with Gasteiger partial charge in [0.1, 0.15) is 0 Å². The van der Waals surface area contributed by atoms with Gasteiger partial charge in [-0.1, -0.05) is 72.8 Å². The minimum absolute atomic E-state index is 0.637. The monoisotopic (exact) mass is 504 g/mol. The van der Waals surface area contributed by atoms with E-state index in [2.05, 4.69) is 88.4 Å². The molecule has 0 radical (unpaired) electrons. The molecular formula is C35H27F3. The Kier molecular flexibility index (Phi) is 5.57. The van der Waals surface area contributed by atoms with Gasteiger partial charge in [0.15, 0.2) is 0 Å². The van der Waals surface area contributed by atoms with Crippen LogP contribution in [0.3, 0.4) is 0 Å². The molecule has 0 fully saturated rings. The second kappa shape index (κ2) is 8.73. The molecule has 0 amide bonds. The van der Waals surface area contributed by atoms with Gasteiger partial charge in [0.2, 0.25) is 0 Å². The Bertz CT molecular complexity index is 1800. The number of hydrogen-bond donors (Lipinski definition) is 0. The van der Waals surface area contributed by atoms with E-state index in [-0.39, 0.29) is 0 Å². The molecule has 0 unspecified atom stereocenters. The number of rotatable bonds is 2. The van der Waals surface area contributed by atoms with Gasteiger partial charge in [-0.2, -0.15) is 13.2 Å². The number of alkyl halides is 3. The minimum atomic E-state index is -4.37. The van der Waals surface area contributed by atoms with Gasteiger partial charge in [-0.05, 0) is 123 Å². The molecule has 38 heavy (non-hydrogen) atoms. The van der Waals surface area contributed by atoms with Gasteiger partial charge in [0.25, 0.3) is 0 Å². The van der Waals surface area contributed by atoms with Gasteiger partial charge in [-0.15, -0.1) is 0 Å². The summed E-state index contributed by atoms with van der Waals surface area (Å²) < 4.78 is 40.1. The molecule has 0 bridgehead atoms. The lowest BCUT2D eigenvalue weighted by Crippen LogP contribution is -2.04. The molecule has 0 saturated carbocycles. The summed E-state index contributed by atoms with van der Waals surface area (Å²) in [7, 11) is 0. The summed E-state index contributed by atoms with van der Waals surface area (Å²) in [6.07, 6.45) is -4.37. The van der Waals surface area contributed by atoms with E-state index in [9.17, 15) is 13.2 Å². The van der Waals surface area contributed by atoms with Crippen molar-refractivity contribution in [2.45, 2.75) is 33.9 Å². The third-order valence-electron chi connectivity index (χ3n) is 7.88. The zero-order valence-electron chi connectivity index (χ0n) is 21.8. The molecular weight excluding hydrogens is 477 g/mol. The number of hydrogen-bond acceptors (Lipinski definition) is 0. The first-order chi connectivity index (χ1) is 18.1. The molecule has 6 aromatic carbocycles. The maximum Gasteiger partial charge on any atom is 0.416 e. The topological polar surface area (TPSA) is 0 Å². The van der Waals surface area contributed by atoms with Gasteiger partial charge in [0, 0.05) is 0 Å².